The molecule has 5 rings (SSSR count). The molecule has 4 unspecified atom stereocenters. The van der Waals surface area contributed by atoms with Crippen molar-refractivity contribution in [3.63, 3.8) is 0 Å². The zero-order valence-electron chi connectivity index (χ0n) is 20.9. The van der Waals surface area contributed by atoms with E-state index in [0.717, 1.165) is 30.6 Å². The van der Waals surface area contributed by atoms with Crippen molar-refractivity contribution in [2.75, 3.05) is 0 Å². The summed E-state index contributed by atoms with van der Waals surface area (Å²) in [6, 6.07) is 0. The summed E-state index contributed by atoms with van der Waals surface area (Å²) in [6.45, 7) is 17.6. The average Bonchev–Trinajstić information content (AvgIpc) is 2.67. The molecule has 4 saturated carbocycles. The number of rotatable bonds is 0. The van der Waals surface area contributed by atoms with Gasteiger partial charge >= 0.3 is 0 Å². The monoisotopic (exact) mass is 410 g/mol. The molecule has 0 N–H and O–H groups in total. The van der Waals surface area contributed by atoms with E-state index < -0.39 is 0 Å². The maximum Gasteiger partial charge on any atom is 0.138 e. The summed E-state index contributed by atoms with van der Waals surface area (Å²) in [4.78, 5) is 12.9. The summed E-state index contributed by atoms with van der Waals surface area (Å²) in [5.41, 5.74) is 3.34. The molecule has 0 amide bonds. The molecule has 168 valence electrons. The van der Waals surface area contributed by atoms with Gasteiger partial charge in [-0.2, -0.15) is 0 Å². The van der Waals surface area contributed by atoms with Crippen LogP contribution in [-0.2, 0) is 4.79 Å². The second-order valence-electron chi connectivity index (χ2n) is 14.0. The number of fused-ring (bicyclic) bond motifs is 7. The maximum atomic E-state index is 12.9. The molecule has 0 aromatic heterocycles. The van der Waals surface area contributed by atoms with Crippen LogP contribution in [0.2, 0.25) is 0 Å². The highest BCUT2D eigenvalue weighted by atomic mass is 16.1. The number of hydrogen-bond donors (Lipinski definition) is 0. The first-order chi connectivity index (χ1) is 13.9. The first-order valence-corrected chi connectivity index (χ1v) is 13.1. The molecule has 0 spiro atoms. The number of carbonyl (C=O) groups excluding carboxylic acids is 1. The Labute approximate surface area is 185 Å². The van der Waals surface area contributed by atoms with E-state index in [0.29, 0.717) is 33.4 Å². The summed E-state index contributed by atoms with van der Waals surface area (Å²) in [5.74, 6) is 3.51. The Bertz CT molecular complexity index is 790. The predicted molar refractivity (Wildman–Crippen MR) is 125 cm³/mol. The van der Waals surface area contributed by atoms with Crippen molar-refractivity contribution < 1.29 is 4.79 Å². The van der Waals surface area contributed by atoms with Gasteiger partial charge < -0.3 is 0 Å². The first kappa shape index (κ1) is 21.3. The van der Waals surface area contributed by atoms with Gasteiger partial charge in [-0.1, -0.05) is 66.5 Å². The summed E-state index contributed by atoms with van der Waals surface area (Å²) in [7, 11) is 0. The zero-order chi connectivity index (χ0) is 21.7. The van der Waals surface area contributed by atoms with E-state index in [4.69, 9.17) is 0 Å². The van der Waals surface area contributed by atoms with Gasteiger partial charge in [-0.05, 0) is 96.7 Å². The molecule has 0 bridgehead atoms. The van der Waals surface area contributed by atoms with Crippen LogP contribution in [0, 0.1) is 50.7 Å². The highest BCUT2D eigenvalue weighted by molar-refractivity contribution is 5.85. The summed E-state index contributed by atoms with van der Waals surface area (Å²) in [5, 5.41) is 0. The fourth-order valence-corrected chi connectivity index (χ4v) is 10.2. The molecule has 0 aromatic carbocycles. The van der Waals surface area contributed by atoms with Crippen molar-refractivity contribution in [2.24, 2.45) is 50.7 Å². The van der Waals surface area contributed by atoms with Crippen molar-refractivity contribution >= 4 is 5.78 Å². The lowest BCUT2D eigenvalue weighted by atomic mass is 9.34. The molecule has 0 radical (unpaired) electrons. The van der Waals surface area contributed by atoms with Crippen molar-refractivity contribution in [3.05, 3.63) is 11.6 Å². The third kappa shape index (κ3) is 2.45. The lowest BCUT2D eigenvalue weighted by Gasteiger charge is -2.70. The standard InChI is InChI=1S/C29H46O/c1-19-10-13-26(4)16-17-28(6)20(21(26)18-19)8-9-23-27(5)14-12-24(30)25(2,3)22(27)11-15-29(23,28)7/h8,19,21-23H,9-18H2,1-7H3/t19?,21?,22?,23?,26-,27+,28-,29-/m1/s1. The van der Waals surface area contributed by atoms with Gasteiger partial charge in [0.1, 0.15) is 5.78 Å². The van der Waals surface area contributed by atoms with E-state index in [1.54, 1.807) is 0 Å². The summed E-state index contributed by atoms with van der Waals surface area (Å²) >= 11 is 0. The Morgan fingerprint density at radius 1 is 0.867 bits per heavy atom. The number of Topliss-reactive ketones (excluding diaryl/α,β-unsaturated/α-hetero) is 1. The third-order valence-corrected chi connectivity index (χ3v) is 12.5. The SMILES string of the molecule is CC1CC[C@]2(C)CC[C@]3(C)C(=CCC4[C@@]5(C)CCC(=O)C(C)(C)C5CC[C@]43C)C2C1. The molecular formula is C29H46O. The molecule has 30 heavy (non-hydrogen) atoms. The van der Waals surface area contributed by atoms with E-state index in [2.05, 4.69) is 54.5 Å². The van der Waals surface area contributed by atoms with Crippen LogP contribution in [0.3, 0.4) is 0 Å². The number of hydrogen-bond acceptors (Lipinski definition) is 1. The minimum atomic E-state index is -0.136. The molecule has 1 nitrogen and oxygen atoms in total. The molecule has 5 aliphatic rings. The molecule has 1 heteroatoms. The largest absolute Gasteiger partial charge is 0.299 e. The maximum absolute atomic E-state index is 12.9. The molecular weight excluding hydrogens is 364 g/mol. The van der Waals surface area contributed by atoms with E-state index in [1.807, 2.05) is 5.57 Å². The Morgan fingerprint density at radius 3 is 2.33 bits per heavy atom. The highest BCUT2D eigenvalue weighted by Crippen LogP contribution is 2.75. The van der Waals surface area contributed by atoms with Crippen molar-refractivity contribution in [2.45, 2.75) is 113 Å². The van der Waals surface area contributed by atoms with Crippen LogP contribution in [0.4, 0.5) is 0 Å². The summed E-state index contributed by atoms with van der Waals surface area (Å²) < 4.78 is 0. The normalized spacial score (nSPS) is 54.9. The average molecular weight is 411 g/mol. The number of ketones is 1. The quantitative estimate of drug-likeness (QED) is 0.370. The molecule has 0 heterocycles. The summed E-state index contributed by atoms with van der Waals surface area (Å²) in [6.07, 6.45) is 15.6. The van der Waals surface area contributed by atoms with E-state index in [1.165, 1.54) is 51.4 Å². The van der Waals surface area contributed by atoms with Crippen LogP contribution >= 0.6 is 0 Å². The zero-order valence-corrected chi connectivity index (χ0v) is 20.9. The van der Waals surface area contributed by atoms with E-state index in [-0.39, 0.29) is 5.41 Å². The topological polar surface area (TPSA) is 17.1 Å². The first-order valence-electron chi connectivity index (χ1n) is 13.1. The van der Waals surface area contributed by atoms with Crippen LogP contribution in [0.1, 0.15) is 113 Å². The van der Waals surface area contributed by atoms with Crippen molar-refractivity contribution in [3.8, 4) is 0 Å². The molecule has 0 aliphatic heterocycles. The van der Waals surface area contributed by atoms with Crippen LogP contribution in [0.5, 0.6) is 0 Å². The molecule has 4 fully saturated rings. The molecule has 5 aliphatic carbocycles. The highest BCUT2D eigenvalue weighted by Gasteiger charge is 2.67. The molecule has 8 atom stereocenters. The van der Waals surface area contributed by atoms with Gasteiger partial charge in [0.15, 0.2) is 0 Å². The van der Waals surface area contributed by atoms with Crippen molar-refractivity contribution in [1.29, 1.82) is 0 Å². The van der Waals surface area contributed by atoms with Crippen LogP contribution in [0.15, 0.2) is 11.6 Å². The fraction of sp³-hybridized carbons (Fsp3) is 0.897. The van der Waals surface area contributed by atoms with Gasteiger partial charge in [0.2, 0.25) is 0 Å². The smallest absolute Gasteiger partial charge is 0.138 e. The minimum absolute atomic E-state index is 0.136. The Kier molecular flexibility index (Phi) is 4.43. The predicted octanol–water partition coefficient (Wildman–Crippen LogP) is 7.99. The minimum Gasteiger partial charge on any atom is -0.299 e. The molecule has 0 saturated heterocycles. The Morgan fingerprint density at radius 2 is 1.60 bits per heavy atom. The van der Waals surface area contributed by atoms with Gasteiger partial charge in [-0.3, -0.25) is 4.79 Å². The van der Waals surface area contributed by atoms with Gasteiger partial charge in [-0.15, -0.1) is 0 Å². The van der Waals surface area contributed by atoms with Gasteiger partial charge in [0.05, 0.1) is 0 Å². The van der Waals surface area contributed by atoms with E-state index >= 15 is 0 Å². The number of carbonyl (C=O) groups is 1. The third-order valence-electron chi connectivity index (χ3n) is 12.5. The Hall–Kier alpha value is -0.590. The van der Waals surface area contributed by atoms with Gasteiger partial charge in [-0.25, -0.2) is 0 Å². The number of allylic oxidation sites excluding steroid dienone is 2. The Balaban J connectivity index is 1.58. The molecule has 0 aromatic rings. The van der Waals surface area contributed by atoms with Crippen LogP contribution in [0.25, 0.3) is 0 Å². The van der Waals surface area contributed by atoms with Crippen molar-refractivity contribution in [1.82, 2.24) is 0 Å². The van der Waals surface area contributed by atoms with Crippen LogP contribution in [-0.4, -0.2) is 5.78 Å². The van der Waals surface area contributed by atoms with Gasteiger partial charge in [0, 0.05) is 11.8 Å². The second-order valence-corrected chi connectivity index (χ2v) is 14.0. The fourth-order valence-electron chi connectivity index (χ4n) is 10.2. The second kappa shape index (κ2) is 6.26. The van der Waals surface area contributed by atoms with Gasteiger partial charge in [0.25, 0.3) is 0 Å². The van der Waals surface area contributed by atoms with E-state index in [9.17, 15) is 4.79 Å². The lowest BCUT2D eigenvalue weighted by molar-refractivity contribution is -0.183. The van der Waals surface area contributed by atoms with Crippen LogP contribution < -0.4 is 0 Å². The lowest BCUT2D eigenvalue weighted by Crippen LogP contribution is -2.63.